The van der Waals surface area contributed by atoms with E-state index in [2.05, 4.69) is 15.3 Å². The number of carbonyl (C=O) groups excluding carboxylic acids is 1. The SMILES string of the molecule is COc1cc(OC)cc(C(NC(=O)c2ccncc2)c2nccn2C)c1. The number of hydrogen-bond donors (Lipinski definition) is 1. The molecule has 0 saturated heterocycles. The van der Waals surface area contributed by atoms with Crippen molar-refractivity contribution in [1.29, 1.82) is 0 Å². The summed E-state index contributed by atoms with van der Waals surface area (Å²) in [4.78, 5) is 21.1. The highest BCUT2D eigenvalue weighted by Gasteiger charge is 2.23. The monoisotopic (exact) mass is 352 g/mol. The van der Waals surface area contributed by atoms with E-state index in [0.717, 1.165) is 5.56 Å². The smallest absolute Gasteiger partial charge is 0.252 e. The Kier molecular flexibility index (Phi) is 5.17. The Bertz CT molecular complexity index is 871. The molecule has 1 unspecified atom stereocenters. The van der Waals surface area contributed by atoms with Crippen LogP contribution in [0.25, 0.3) is 0 Å². The molecule has 2 aromatic heterocycles. The van der Waals surface area contributed by atoms with Gasteiger partial charge in [-0.3, -0.25) is 9.78 Å². The van der Waals surface area contributed by atoms with Crippen LogP contribution in [0.1, 0.15) is 27.8 Å². The second-order valence-corrected chi connectivity index (χ2v) is 5.68. The zero-order valence-corrected chi connectivity index (χ0v) is 14.8. The minimum absolute atomic E-state index is 0.220. The average Bonchev–Trinajstić information content (AvgIpc) is 3.11. The van der Waals surface area contributed by atoms with Gasteiger partial charge >= 0.3 is 0 Å². The molecule has 2 heterocycles. The van der Waals surface area contributed by atoms with Crippen molar-refractivity contribution in [2.24, 2.45) is 7.05 Å². The van der Waals surface area contributed by atoms with Gasteiger partial charge in [0.2, 0.25) is 0 Å². The number of pyridine rings is 1. The van der Waals surface area contributed by atoms with Crippen LogP contribution in [-0.4, -0.2) is 34.7 Å². The molecule has 1 aromatic carbocycles. The van der Waals surface area contributed by atoms with Crippen molar-refractivity contribution in [2.75, 3.05) is 14.2 Å². The van der Waals surface area contributed by atoms with Crippen molar-refractivity contribution in [2.45, 2.75) is 6.04 Å². The fraction of sp³-hybridized carbons (Fsp3) is 0.211. The molecular formula is C19H20N4O3. The highest BCUT2D eigenvalue weighted by molar-refractivity contribution is 5.94. The predicted octanol–water partition coefficient (Wildman–Crippen LogP) is 2.35. The molecule has 3 rings (SSSR count). The van der Waals surface area contributed by atoms with Gasteiger partial charge in [0.15, 0.2) is 0 Å². The van der Waals surface area contributed by atoms with Gasteiger partial charge in [0.05, 0.1) is 14.2 Å². The lowest BCUT2D eigenvalue weighted by atomic mass is 10.0. The zero-order valence-electron chi connectivity index (χ0n) is 14.8. The van der Waals surface area contributed by atoms with Crippen LogP contribution >= 0.6 is 0 Å². The number of carbonyl (C=O) groups is 1. The van der Waals surface area contributed by atoms with Crippen molar-refractivity contribution in [1.82, 2.24) is 19.9 Å². The van der Waals surface area contributed by atoms with E-state index >= 15 is 0 Å². The number of nitrogens with one attached hydrogen (secondary N) is 1. The third-order valence-electron chi connectivity index (χ3n) is 4.04. The van der Waals surface area contributed by atoms with E-state index in [4.69, 9.17) is 9.47 Å². The molecule has 0 fully saturated rings. The molecule has 0 bridgehead atoms. The summed E-state index contributed by atoms with van der Waals surface area (Å²) >= 11 is 0. The first kappa shape index (κ1) is 17.5. The first-order chi connectivity index (χ1) is 12.6. The molecule has 0 spiro atoms. The number of aryl methyl sites for hydroxylation is 1. The minimum Gasteiger partial charge on any atom is -0.497 e. The number of imidazole rings is 1. The Balaban J connectivity index is 2.02. The van der Waals surface area contributed by atoms with Gasteiger partial charge in [-0.15, -0.1) is 0 Å². The van der Waals surface area contributed by atoms with E-state index in [-0.39, 0.29) is 5.91 Å². The van der Waals surface area contributed by atoms with Crippen molar-refractivity contribution >= 4 is 5.91 Å². The normalized spacial score (nSPS) is 11.7. The predicted molar refractivity (Wildman–Crippen MR) is 96.3 cm³/mol. The molecule has 0 aliphatic rings. The van der Waals surface area contributed by atoms with Gasteiger partial charge in [0.1, 0.15) is 23.4 Å². The van der Waals surface area contributed by atoms with E-state index < -0.39 is 6.04 Å². The van der Waals surface area contributed by atoms with Crippen LogP contribution < -0.4 is 14.8 Å². The van der Waals surface area contributed by atoms with Crippen LogP contribution in [0.5, 0.6) is 11.5 Å². The van der Waals surface area contributed by atoms with Crippen molar-refractivity contribution < 1.29 is 14.3 Å². The fourth-order valence-corrected chi connectivity index (χ4v) is 2.67. The summed E-state index contributed by atoms with van der Waals surface area (Å²) in [6.45, 7) is 0. The Morgan fingerprint density at radius 2 is 1.73 bits per heavy atom. The maximum atomic E-state index is 12.7. The molecule has 1 amide bonds. The number of nitrogens with zero attached hydrogens (tertiary/aromatic N) is 3. The summed E-state index contributed by atoms with van der Waals surface area (Å²) < 4.78 is 12.6. The maximum absolute atomic E-state index is 12.7. The Morgan fingerprint density at radius 3 is 2.27 bits per heavy atom. The topological polar surface area (TPSA) is 78.3 Å². The summed E-state index contributed by atoms with van der Waals surface area (Å²) in [6, 6.07) is 8.35. The third-order valence-corrected chi connectivity index (χ3v) is 4.04. The lowest BCUT2D eigenvalue weighted by Gasteiger charge is -2.20. The van der Waals surface area contributed by atoms with Gasteiger partial charge in [-0.05, 0) is 29.8 Å². The average molecular weight is 352 g/mol. The van der Waals surface area contributed by atoms with Crippen LogP contribution in [0.2, 0.25) is 0 Å². The number of hydrogen-bond acceptors (Lipinski definition) is 5. The molecule has 1 N–H and O–H groups in total. The van der Waals surface area contributed by atoms with E-state index in [1.807, 2.05) is 29.9 Å². The summed E-state index contributed by atoms with van der Waals surface area (Å²) in [7, 11) is 5.05. The number of amides is 1. The third kappa shape index (κ3) is 3.66. The summed E-state index contributed by atoms with van der Waals surface area (Å²) in [6.07, 6.45) is 6.69. The van der Waals surface area contributed by atoms with E-state index in [0.29, 0.717) is 22.9 Å². The maximum Gasteiger partial charge on any atom is 0.252 e. The second-order valence-electron chi connectivity index (χ2n) is 5.68. The minimum atomic E-state index is -0.473. The van der Waals surface area contributed by atoms with Gasteiger partial charge in [0.25, 0.3) is 5.91 Å². The number of ether oxygens (including phenoxy) is 2. The zero-order chi connectivity index (χ0) is 18.5. The fourth-order valence-electron chi connectivity index (χ4n) is 2.67. The van der Waals surface area contributed by atoms with Crippen LogP contribution in [0.4, 0.5) is 0 Å². The molecule has 0 saturated carbocycles. The molecule has 3 aromatic rings. The van der Waals surface area contributed by atoms with Gasteiger partial charge in [-0.25, -0.2) is 4.98 Å². The summed E-state index contributed by atoms with van der Waals surface area (Å²) in [5, 5.41) is 3.03. The molecular weight excluding hydrogens is 332 g/mol. The molecule has 0 aliphatic carbocycles. The largest absolute Gasteiger partial charge is 0.497 e. The standard InChI is InChI=1S/C19H20N4O3/c1-23-9-8-21-18(23)17(22-19(24)13-4-6-20-7-5-13)14-10-15(25-2)12-16(11-14)26-3/h4-12,17H,1-3H3,(H,22,24). The van der Waals surface area contributed by atoms with E-state index in [1.165, 1.54) is 0 Å². The Labute approximate surface area is 151 Å². The molecule has 7 heteroatoms. The van der Waals surface area contributed by atoms with Crippen molar-refractivity contribution in [3.8, 4) is 11.5 Å². The highest BCUT2D eigenvalue weighted by Crippen LogP contribution is 2.29. The Hall–Kier alpha value is -3.35. The van der Waals surface area contributed by atoms with Crippen molar-refractivity contribution in [3.63, 3.8) is 0 Å². The van der Waals surface area contributed by atoms with Crippen LogP contribution in [0.3, 0.4) is 0 Å². The number of methoxy groups -OCH3 is 2. The summed E-state index contributed by atoms with van der Waals surface area (Å²) in [5.41, 5.74) is 1.33. The second kappa shape index (κ2) is 7.69. The van der Waals surface area contributed by atoms with Gasteiger partial charge in [0, 0.05) is 43.5 Å². The number of benzene rings is 1. The lowest BCUT2D eigenvalue weighted by molar-refractivity contribution is 0.0941. The molecule has 0 radical (unpaired) electrons. The summed E-state index contributed by atoms with van der Waals surface area (Å²) in [5.74, 6) is 1.75. The van der Waals surface area contributed by atoms with E-state index in [1.54, 1.807) is 51.0 Å². The van der Waals surface area contributed by atoms with Gasteiger partial charge in [-0.2, -0.15) is 0 Å². The molecule has 0 aliphatic heterocycles. The number of rotatable bonds is 6. The van der Waals surface area contributed by atoms with E-state index in [9.17, 15) is 4.79 Å². The van der Waals surface area contributed by atoms with Crippen LogP contribution in [-0.2, 0) is 7.05 Å². The first-order valence-electron chi connectivity index (χ1n) is 8.03. The molecule has 134 valence electrons. The quantitative estimate of drug-likeness (QED) is 0.737. The first-order valence-corrected chi connectivity index (χ1v) is 8.03. The molecule has 1 atom stereocenters. The molecule has 7 nitrogen and oxygen atoms in total. The Morgan fingerprint density at radius 1 is 1.08 bits per heavy atom. The number of aromatic nitrogens is 3. The van der Waals surface area contributed by atoms with Gasteiger partial charge in [-0.1, -0.05) is 0 Å². The van der Waals surface area contributed by atoms with Gasteiger partial charge < -0.3 is 19.4 Å². The van der Waals surface area contributed by atoms with Crippen LogP contribution in [0, 0.1) is 0 Å². The highest BCUT2D eigenvalue weighted by atomic mass is 16.5. The lowest BCUT2D eigenvalue weighted by Crippen LogP contribution is -2.31. The molecule has 26 heavy (non-hydrogen) atoms. The van der Waals surface area contributed by atoms with Crippen molar-refractivity contribution in [3.05, 3.63) is 72.1 Å². The van der Waals surface area contributed by atoms with Crippen LogP contribution in [0.15, 0.2) is 55.1 Å².